The van der Waals surface area contributed by atoms with Crippen molar-refractivity contribution in [3.63, 3.8) is 0 Å². The summed E-state index contributed by atoms with van der Waals surface area (Å²) in [5.74, 6) is 0.107. The molecule has 4 aromatic heterocycles. The van der Waals surface area contributed by atoms with E-state index in [-0.39, 0.29) is 17.0 Å². The van der Waals surface area contributed by atoms with Gasteiger partial charge < -0.3 is 40.6 Å². The maximum absolute atomic E-state index is 13.5. The van der Waals surface area contributed by atoms with Crippen molar-refractivity contribution < 1.29 is 47.2 Å². The molecule has 0 spiro atoms. The van der Waals surface area contributed by atoms with Crippen LogP contribution in [0.3, 0.4) is 0 Å². The number of aromatic nitrogens is 7. The highest BCUT2D eigenvalue weighted by Crippen LogP contribution is 2.58. The van der Waals surface area contributed by atoms with Crippen LogP contribution in [0, 0.1) is 0 Å². The molecule has 0 saturated carbocycles. The van der Waals surface area contributed by atoms with Crippen molar-refractivity contribution in [3.05, 3.63) is 31.2 Å². The number of nitrogens with two attached hydrogens (primary N) is 2. The van der Waals surface area contributed by atoms with E-state index in [2.05, 4.69) is 37.2 Å². The van der Waals surface area contributed by atoms with Gasteiger partial charge in [0.1, 0.15) is 54.0 Å². The van der Waals surface area contributed by atoms with E-state index in [4.69, 9.17) is 50.8 Å². The Bertz CT molecular complexity index is 1830. The van der Waals surface area contributed by atoms with Gasteiger partial charge in [-0.25, -0.2) is 29.5 Å². The highest BCUT2D eigenvalue weighted by molar-refractivity contribution is 8.44. The Morgan fingerprint density at radius 3 is 2.36 bits per heavy atom. The van der Waals surface area contributed by atoms with Crippen molar-refractivity contribution in [2.45, 2.75) is 49.1 Å². The molecule has 7 rings (SSSR count). The quantitative estimate of drug-likeness (QED) is 0.120. The minimum absolute atomic E-state index is 0.107. The highest BCUT2D eigenvalue weighted by atomic mass is 32.7. The van der Waals surface area contributed by atoms with E-state index >= 15 is 0 Å². The zero-order valence-corrected chi connectivity index (χ0v) is 25.7. The lowest BCUT2D eigenvalue weighted by molar-refractivity contribution is -0.0588. The summed E-state index contributed by atoms with van der Waals surface area (Å²) in [4.78, 5) is 31.8. The van der Waals surface area contributed by atoms with Crippen LogP contribution in [0.5, 0.6) is 0 Å². The van der Waals surface area contributed by atoms with Gasteiger partial charge >= 0.3 is 13.5 Å². The summed E-state index contributed by atoms with van der Waals surface area (Å²) in [5.41, 5.74) is 13.4. The number of nitrogens with zero attached hydrogens (tertiary/aromatic N) is 7. The molecular formula is C21H25N9O10P2S2. The fourth-order valence-corrected chi connectivity index (χ4v) is 8.21. The van der Waals surface area contributed by atoms with E-state index < -0.39 is 75.8 Å². The third kappa shape index (κ3) is 5.30. The molecule has 44 heavy (non-hydrogen) atoms. The van der Waals surface area contributed by atoms with E-state index in [0.29, 0.717) is 16.9 Å². The van der Waals surface area contributed by atoms with Gasteiger partial charge in [-0.1, -0.05) is 12.2 Å². The van der Waals surface area contributed by atoms with Crippen LogP contribution in [0.4, 0.5) is 11.5 Å². The van der Waals surface area contributed by atoms with Crippen molar-refractivity contribution >= 4 is 71.4 Å². The Kier molecular flexibility index (Phi) is 7.69. The fourth-order valence-electron chi connectivity index (χ4n) is 5.31. The van der Waals surface area contributed by atoms with Crippen LogP contribution in [-0.2, 0) is 43.9 Å². The number of hydrogen-bond donors (Lipinski definition) is 6. The predicted octanol–water partition coefficient (Wildman–Crippen LogP) is 0.0241. The molecule has 10 atom stereocenters. The molecule has 0 amide bonds. The second-order valence-corrected chi connectivity index (χ2v) is 15.8. The first-order chi connectivity index (χ1) is 20.9. The molecule has 7 N–H and O–H groups in total. The maximum Gasteiger partial charge on any atom is 0.386 e. The summed E-state index contributed by atoms with van der Waals surface area (Å²) in [7, 11) is 0. The average Bonchev–Trinajstić information content (AvgIpc) is 3.73. The Hall–Kier alpha value is -2.36. The number of imidazole rings is 2. The van der Waals surface area contributed by atoms with Crippen LogP contribution < -0.4 is 11.5 Å². The van der Waals surface area contributed by atoms with Crippen LogP contribution >= 0.6 is 25.8 Å². The number of aliphatic hydroxyl groups is 2. The van der Waals surface area contributed by atoms with E-state index in [1.54, 1.807) is 6.07 Å². The fraction of sp³-hybridized carbons (Fsp3) is 0.476. The summed E-state index contributed by atoms with van der Waals surface area (Å²) in [6.45, 7) is -9.43. The summed E-state index contributed by atoms with van der Waals surface area (Å²) in [5, 5.41) is 22.4. The molecule has 4 unspecified atom stereocenters. The highest BCUT2D eigenvalue weighted by Gasteiger charge is 2.53. The summed E-state index contributed by atoms with van der Waals surface area (Å²) >= 11 is 9.35. The number of anilines is 2. The van der Waals surface area contributed by atoms with Crippen LogP contribution in [0.15, 0.2) is 31.2 Å². The topological polar surface area (TPSA) is 259 Å². The molecule has 236 valence electrons. The lowest BCUT2D eigenvalue weighted by atomic mass is 10.1. The third-order valence-corrected chi connectivity index (χ3v) is 10.5. The Morgan fingerprint density at radius 2 is 1.57 bits per heavy atom. The average molecular weight is 690 g/mol. The Balaban J connectivity index is 1.20. The standard InChI is InChI=1S/C21H25N9O10P2S2/c22-8-1-2-24-18-11(8)27-6-30(18)21-16-13(31)9(37-21)3-35-41(33,43)39-15-10(4-36-42(34,44)40-16)38-20(14(15)32)29-7-28-12-17(23)25-5-26-19(12)29/h1-2,5-7,9-10,13-16,20-21,31-32H,3-4H2,(H2,22,24)(H,33,43)(H,34,44)(H2,23,25,26)/t9-,10-,13?,14?,15+,16+,20-,21-,41?,42?/m1/s1. The molecule has 7 heterocycles. The molecule has 0 radical (unpaired) electrons. The Labute approximate surface area is 257 Å². The number of rotatable bonds is 2. The Morgan fingerprint density at radius 1 is 0.886 bits per heavy atom. The molecule has 0 aliphatic carbocycles. The molecule has 0 aromatic carbocycles. The van der Waals surface area contributed by atoms with Gasteiger partial charge in [-0.05, 0) is 17.9 Å². The van der Waals surface area contributed by atoms with Crippen LogP contribution in [0.2, 0.25) is 0 Å². The lowest BCUT2D eigenvalue weighted by Crippen LogP contribution is -2.36. The lowest BCUT2D eigenvalue weighted by Gasteiger charge is -2.27. The summed E-state index contributed by atoms with van der Waals surface area (Å²) in [6, 6.07) is 1.56. The molecule has 23 heteroatoms. The largest absolute Gasteiger partial charge is 0.397 e. The van der Waals surface area contributed by atoms with Gasteiger partial charge in [-0.15, -0.1) is 0 Å². The molecule has 3 fully saturated rings. The minimum Gasteiger partial charge on any atom is -0.397 e. The summed E-state index contributed by atoms with van der Waals surface area (Å²) in [6.07, 6.45) is -5.00. The van der Waals surface area contributed by atoms with Gasteiger partial charge in [0.05, 0.1) is 31.6 Å². The van der Waals surface area contributed by atoms with E-state index in [0.717, 1.165) is 0 Å². The van der Waals surface area contributed by atoms with Crippen LogP contribution in [0.25, 0.3) is 22.3 Å². The second-order valence-electron chi connectivity index (χ2n) is 10.1. The first-order valence-electron chi connectivity index (χ1n) is 12.9. The number of hydrogen-bond acceptors (Lipinski definition) is 17. The van der Waals surface area contributed by atoms with E-state index in [9.17, 15) is 19.7 Å². The van der Waals surface area contributed by atoms with Crippen molar-refractivity contribution in [1.29, 1.82) is 0 Å². The number of aliphatic hydroxyl groups excluding tert-OH is 2. The number of ether oxygens (including phenoxy) is 2. The zero-order valence-electron chi connectivity index (χ0n) is 22.2. The molecular weight excluding hydrogens is 664 g/mol. The van der Waals surface area contributed by atoms with Crippen molar-refractivity contribution in [3.8, 4) is 0 Å². The normalized spacial score (nSPS) is 38.3. The maximum atomic E-state index is 13.5. The van der Waals surface area contributed by atoms with Gasteiger partial charge in [0.2, 0.25) is 0 Å². The molecule has 2 bridgehead atoms. The minimum atomic E-state index is -4.29. The SMILES string of the molecule is Nc1ncnc2c1ncn2[C@@H]1O[C@@H]2COP(=O)(S)O[C@H]3C(O)[C@@H](COP(O)(=S)O[C@@H]2C1O)O[C@H]3n1cnc2c(N)ccnc21. The number of pyridine rings is 1. The monoisotopic (exact) mass is 689 g/mol. The molecule has 4 aromatic rings. The van der Waals surface area contributed by atoms with Crippen LogP contribution in [0.1, 0.15) is 12.5 Å². The zero-order chi connectivity index (χ0) is 31.0. The van der Waals surface area contributed by atoms with Gasteiger partial charge in [0.25, 0.3) is 0 Å². The first-order valence-corrected chi connectivity index (χ1v) is 18.2. The van der Waals surface area contributed by atoms with Gasteiger partial charge in [0.15, 0.2) is 29.6 Å². The van der Waals surface area contributed by atoms with Gasteiger partial charge in [-0.3, -0.25) is 22.7 Å². The van der Waals surface area contributed by atoms with Gasteiger partial charge in [-0.2, -0.15) is 0 Å². The van der Waals surface area contributed by atoms with E-state index in [1.165, 1.54) is 34.3 Å². The number of nitrogen functional groups attached to an aromatic ring is 2. The predicted molar refractivity (Wildman–Crippen MR) is 156 cm³/mol. The molecule has 3 aliphatic rings. The third-order valence-electron chi connectivity index (χ3n) is 7.36. The molecule has 3 saturated heterocycles. The second kappa shape index (κ2) is 11.2. The van der Waals surface area contributed by atoms with Crippen LogP contribution in [-0.4, -0.2) is 99.0 Å². The summed E-state index contributed by atoms with van der Waals surface area (Å²) < 4.78 is 51.0. The number of thiol groups is 1. The molecule has 3 aliphatic heterocycles. The van der Waals surface area contributed by atoms with Crippen molar-refractivity contribution in [2.75, 3.05) is 24.7 Å². The first kappa shape index (κ1) is 30.3. The van der Waals surface area contributed by atoms with Gasteiger partial charge in [0, 0.05) is 6.20 Å². The number of fused-ring (bicyclic) bond motifs is 5. The smallest absolute Gasteiger partial charge is 0.386 e. The van der Waals surface area contributed by atoms with Crippen molar-refractivity contribution in [2.24, 2.45) is 0 Å². The molecule has 19 nitrogen and oxygen atoms in total. The van der Waals surface area contributed by atoms with Crippen molar-refractivity contribution in [1.82, 2.24) is 34.1 Å². The van der Waals surface area contributed by atoms with E-state index in [1.807, 2.05) is 0 Å².